The lowest BCUT2D eigenvalue weighted by atomic mass is 10.2. The summed E-state index contributed by atoms with van der Waals surface area (Å²) in [6.45, 7) is 3.80. The van der Waals surface area contributed by atoms with Gasteiger partial charge >= 0.3 is 0 Å². The Labute approximate surface area is 137 Å². The summed E-state index contributed by atoms with van der Waals surface area (Å²) in [4.78, 5) is 13.9. The van der Waals surface area contributed by atoms with Crippen LogP contribution in [0.15, 0.2) is 36.5 Å². The van der Waals surface area contributed by atoms with Crippen LogP contribution in [0, 0.1) is 6.92 Å². The Morgan fingerprint density at radius 1 is 1.39 bits per heavy atom. The predicted molar refractivity (Wildman–Crippen MR) is 90.6 cm³/mol. The summed E-state index contributed by atoms with van der Waals surface area (Å²) >= 11 is 0. The van der Waals surface area contributed by atoms with Crippen molar-refractivity contribution >= 4 is 11.7 Å². The van der Waals surface area contributed by atoms with Gasteiger partial charge in [-0.3, -0.25) is 14.4 Å². The molecule has 23 heavy (non-hydrogen) atoms. The number of carbonyl (C=O) groups is 1. The first-order valence-corrected chi connectivity index (χ1v) is 7.70. The number of ether oxygens (including phenoxy) is 1. The number of benzene rings is 1. The Morgan fingerprint density at radius 3 is 2.91 bits per heavy atom. The van der Waals surface area contributed by atoms with Crippen molar-refractivity contribution in [2.24, 2.45) is 7.05 Å². The second kappa shape index (κ2) is 8.33. The van der Waals surface area contributed by atoms with Gasteiger partial charge in [-0.25, -0.2) is 0 Å². The third-order valence-corrected chi connectivity index (χ3v) is 3.34. The zero-order valence-corrected chi connectivity index (χ0v) is 14.0. The summed E-state index contributed by atoms with van der Waals surface area (Å²) in [6.07, 6.45) is 2.66. The Kier molecular flexibility index (Phi) is 6.17. The highest BCUT2D eigenvalue weighted by Crippen LogP contribution is 2.12. The van der Waals surface area contributed by atoms with Crippen LogP contribution in [-0.2, 0) is 11.8 Å². The Bertz CT molecular complexity index is 639. The highest BCUT2D eigenvalue weighted by molar-refractivity contribution is 5.91. The second-order valence-corrected chi connectivity index (χ2v) is 5.68. The molecule has 0 atom stereocenters. The van der Waals surface area contributed by atoms with Gasteiger partial charge in [0.05, 0.1) is 13.2 Å². The fourth-order valence-corrected chi connectivity index (χ4v) is 2.22. The van der Waals surface area contributed by atoms with Gasteiger partial charge in [0.25, 0.3) is 0 Å². The van der Waals surface area contributed by atoms with Crippen molar-refractivity contribution in [1.29, 1.82) is 0 Å². The molecule has 0 aliphatic carbocycles. The van der Waals surface area contributed by atoms with Crippen molar-refractivity contribution < 1.29 is 9.53 Å². The van der Waals surface area contributed by atoms with Gasteiger partial charge in [0.1, 0.15) is 5.75 Å². The molecule has 0 bridgehead atoms. The molecule has 6 heteroatoms. The minimum Gasteiger partial charge on any atom is -0.494 e. The fourth-order valence-electron chi connectivity index (χ4n) is 2.22. The minimum atomic E-state index is -0.0641. The number of nitrogens with one attached hydrogen (secondary N) is 1. The molecule has 0 radical (unpaired) electrons. The number of amides is 1. The van der Waals surface area contributed by atoms with Crippen molar-refractivity contribution in [3.63, 3.8) is 0 Å². The van der Waals surface area contributed by atoms with Crippen LogP contribution in [0.1, 0.15) is 12.0 Å². The molecule has 0 unspecified atom stereocenters. The lowest BCUT2D eigenvalue weighted by molar-refractivity contribution is -0.117. The van der Waals surface area contributed by atoms with Crippen molar-refractivity contribution in [3.8, 4) is 5.75 Å². The van der Waals surface area contributed by atoms with Crippen molar-refractivity contribution in [1.82, 2.24) is 14.7 Å². The van der Waals surface area contributed by atoms with E-state index in [0.29, 0.717) is 19.0 Å². The Balaban J connectivity index is 1.62. The molecule has 0 aliphatic rings. The molecule has 0 saturated heterocycles. The van der Waals surface area contributed by atoms with E-state index in [1.54, 1.807) is 16.9 Å². The second-order valence-electron chi connectivity index (χ2n) is 5.68. The zero-order valence-electron chi connectivity index (χ0n) is 14.0. The summed E-state index contributed by atoms with van der Waals surface area (Å²) in [5.41, 5.74) is 1.19. The summed E-state index contributed by atoms with van der Waals surface area (Å²) in [6, 6.07) is 9.77. The highest BCUT2D eigenvalue weighted by Gasteiger charge is 2.08. The molecule has 2 rings (SSSR count). The van der Waals surface area contributed by atoms with E-state index in [1.165, 1.54) is 5.56 Å². The van der Waals surface area contributed by atoms with Crippen LogP contribution >= 0.6 is 0 Å². The quantitative estimate of drug-likeness (QED) is 0.758. The van der Waals surface area contributed by atoms with Gasteiger partial charge in [0.2, 0.25) is 5.91 Å². The molecule has 0 fully saturated rings. The molecule has 6 nitrogen and oxygen atoms in total. The smallest absolute Gasteiger partial charge is 0.239 e. The number of aromatic nitrogens is 2. The van der Waals surface area contributed by atoms with Gasteiger partial charge < -0.3 is 10.1 Å². The monoisotopic (exact) mass is 316 g/mol. The first-order chi connectivity index (χ1) is 11.0. The van der Waals surface area contributed by atoms with Crippen LogP contribution in [0.3, 0.4) is 0 Å². The first-order valence-electron chi connectivity index (χ1n) is 7.70. The third-order valence-electron chi connectivity index (χ3n) is 3.34. The number of carbonyl (C=O) groups excluding carboxylic acids is 1. The molecular weight excluding hydrogens is 292 g/mol. The Hall–Kier alpha value is -2.34. The molecule has 0 aliphatic heterocycles. The van der Waals surface area contributed by atoms with E-state index in [0.717, 1.165) is 18.7 Å². The maximum absolute atomic E-state index is 11.9. The number of hydrogen-bond acceptors (Lipinski definition) is 4. The molecule has 1 heterocycles. The first kappa shape index (κ1) is 17.0. The van der Waals surface area contributed by atoms with Crippen LogP contribution in [0.5, 0.6) is 5.75 Å². The molecule has 1 amide bonds. The predicted octanol–water partition coefficient (Wildman–Crippen LogP) is 2.07. The van der Waals surface area contributed by atoms with Gasteiger partial charge in [0, 0.05) is 25.9 Å². The van der Waals surface area contributed by atoms with Crippen LogP contribution in [0.2, 0.25) is 0 Å². The van der Waals surface area contributed by atoms with Gasteiger partial charge in [-0.05, 0) is 38.1 Å². The van der Waals surface area contributed by atoms with Crippen LogP contribution in [0.25, 0.3) is 0 Å². The van der Waals surface area contributed by atoms with E-state index in [-0.39, 0.29) is 5.91 Å². The maximum Gasteiger partial charge on any atom is 0.239 e. The van der Waals surface area contributed by atoms with Crippen LogP contribution in [-0.4, -0.2) is 47.3 Å². The van der Waals surface area contributed by atoms with Crippen molar-refractivity contribution in [2.45, 2.75) is 13.3 Å². The maximum atomic E-state index is 11.9. The lowest BCUT2D eigenvalue weighted by Crippen LogP contribution is -2.31. The van der Waals surface area contributed by atoms with Gasteiger partial charge in [-0.15, -0.1) is 0 Å². The molecule has 124 valence electrons. The molecule has 1 N–H and O–H groups in total. The normalized spacial score (nSPS) is 10.8. The molecule has 0 spiro atoms. The van der Waals surface area contributed by atoms with E-state index in [1.807, 2.05) is 50.2 Å². The highest BCUT2D eigenvalue weighted by atomic mass is 16.5. The lowest BCUT2D eigenvalue weighted by Gasteiger charge is -2.16. The summed E-state index contributed by atoms with van der Waals surface area (Å²) in [7, 11) is 3.74. The zero-order chi connectivity index (χ0) is 16.7. The van der Waals surface area contributed by atoms with Crippen molar-refractivity contribution in [2.75, 3.05) is 32.1 Å². The molecule has 1 aromatic carbocycles. The van der Waals surface area contributed by atoms with E-state index >= 15 is 0 Å². The topological polar surface area (TPSA) is 59.4 Å². The SMILES string of the molecule is Cc1cccc(OCCCN(C)CC(=O)Nc2ccn(C)n2)c1. The van der Waals surface area contributed by atoms with Crippen molar-refractivity contribution in [3.05, 3.63) is 42.1 Å². The van der Waals surface area contributed by atoms with Gasteiger partial charge in [-0.1, -0.05) is 12.1 Å². The number of anilines is 1. The standard InChI is InChI=1S/C17H24N4O2/c1-14-6-4-7-15(12-14)23-11-5-9-20(2)13-17(22)18-16-8-10-21(3)19-16/h4,6-8,10,12H,5,9,11,13H2,1-3H3,(H,18,19,22). The molecule has 0 saturated carbocycles. The van der Waals surface area contributed by atoms with E-state index in [4.69, 9.17) is 4.74 Å². The Morgan fingerprint density at radius 2 is 2.22 bits per heavy atom. The number of likely N-dealkylation sites (N-methyl/N-ethyl adjacent to an activating group) is 1. The summed E-state index contributed by atoms with van der Waals surface area (Å²) in [5.74, 6) is 1.40. The van der Waals surface area contributed by atoms with E-state index < -0.39 is 0 Å². The van der Waals surface area contributed by atoms with Crippen LogP contribution in [0.4, 0.5) is 5.82 Å². The summed E-state index contributed by atoms with van der Waals surface area (Å²) < 4.78 is 7.36. The van der Waals surface area contributed by atoms with E-state index in [9.17, 15) is 4.79 Å². The largest absolute Gasteiger partial charge is 0.494 e. The number of hydrogen-bond donors (Lipinski definition) is 1. The van der Waals surface area contributed by atoms with Gasteiger partial charge in [-0.2, -0.15) is 5.10 Å². The third kappa shape index (κ3) is 6.12. The molecule has 2 aromatic rings. The average Bonchev–Trinajstić information content (AvgIpc) is 2.88. The average molecular weight is 316 g/mol. The van der Waals surface area contributed by atoms with E-state index in [2.05, 4.69) is 10.4 Å². The van der Waals surface area contributed by atoms with Gasteiger partial charge in [0.15, 0.2) is 5.82 Å². The summed E-state index contributed by atoms with van der Waals surface area (Å²) in [5, 5.41) is 6.89. The minimum absolute atomic E-state index is 0.0641. The molecular formula is C17H24N4O2. The number of nitrogens with zero attached hydrogens (tertiary/aromatic N) is 3. The number of aryl methyl sites for hydroxylation is 2. The van der Waals surface area contributed by atoms with Crippen LogP contribution < -0.4 is 10.1 Å². The molecule has 1 aromatic heterocycles. The fraction of sp³-hybridized carbons (Fsp3) is 0.412. The number of rotatable bonds is 8.